The molecule has 0 saturated carbocycles. The molecule has 0 fully saturated rings. The summed E-state index contributed by atoms with van der Waals surface area (Å²) in [6.45, 7) is 4.73. The summed E-state index contributed by atoms with van der Waals surface area (Å²) in [5.74, 6) is 1.53. The number of hydrogen-bond acceptors (Lipinski definition) is 8. The van der Waals surface area contributed by atoms with E-state index in [1.54, 1.807) is 67.0 Å². The molecule has 0 bridgehead atoms. The van der Waals surface area contributed by atoms with Crippen LogP contribution in [0.1, 0.15) is 43.3 Å². The van der Waals surface area contributed by atoms with Crippen molar-refractivity contribution in [3.8, 4) is 11.5 Å². The molecule has 0 aliphatic heterocycles. The topological polar surface area (TPSA) is 105 Å². The molecule has 0 spiro atoms. The van der Waals surface area contributed by atoms with Gasteiger partial charge in [-0.3, -0.25) is 4.98 Å². The average Bonchev–Trinajstić information content (AvgIpc) is 3.39. The fourth-order valence-corrected chi connectivity index (χ4v) is 8.23. The van der Waals surface area contributed by atoms with Crippen molar-refractivity contribution in [3.05, 3.63) is 131 Å². The Morgan fingerprint density at radius 1 is 0.917 bits per heavy atom. The van der Waals surface area contributed by atoms with Crippen LogP contribution < -0.4 is 14.4 Å². The third-order valence-corrected chi connectivity index (χ3v) is 10.3. The molecule has 0 radical (unpaired) electrons. The van der Waals surface area contributed by atoms with E-state index in [4.69, 9.17) is 42.0 Å². The molecule has 0 unspecified atom stereocenters. The van der Waals surface area contributed by atoms with Crippen molar-refractivity contribution in [2.24, 2.45) is 0 Å². The average molecular weight is 726 g/mol. The van der Waals surface area contributed by atoms with Gasteiger partial charge in [0.1, 0.15) is 22.3 Å². The van der Waals surface area contributed by atoms with Crippen LogP contribution >= 0.6 is 42.6 Å². The minimum atomic E-state index is -3.60. The van der Waals surface area contributed by atoms with E-state index in [-0.39, 0.29) is 25.2 Å². The van der Waals surface area contributed by atoms with E-state index in [0.29, 0.717) is 40.3 Å². The number of aromatic nitrogens is 3. The van der Waals surface area contributed by atoms with Crippen LogP contribution in [0.3, 0.4) is 0 Å². The fourth-order valence-electron chi connectivity index (χ4n) is 4.67. The summed E-state index contributed by atoms with van der Waals surface area (Å²) in [6, 6.07) is 27.0. The molecule has 2 aromatic heterocycles. The standard InChI is InChI=1S/C35H35Cl2N4O5PS/c1-25(2)33-34(48-31-21-27(36)20-28(37)22-31)41(23-26-14-17-38-18-15-26)32(40-33)24-44-35(42)39-16-9-19-47(43,45-29-10-5-3-6-11-29)46-30-12-7-4-8-13-30/h3-8,10-15,17-18,20-22,25H,9,16,19,23-24H2,1-2H3,(H,39,42). The Labute approximate surface area is 294 Å². The molecule has 5 aromatic rings. The summed E-state index contributed by atoms with van der Waals surface area (Å²) in [5, 5.41) is 4.71. The lowest BCUT2D eigenvalue weighted by atomic mass is 10.1. The molecule has 0 atom stereocenters. The lowest BCUT2D eigenvalue weighted by Crippen LogP contribution is -2.26. The first kappa shape index (κ1) is 35.4. The van der Waals surface area contributed by atoms with Gasteiger partial charge in [-0.1, -0.05) is 85.2 Å². The first-order valence-corrected chi connectivity index (χ1v) is 18.6. The van der Waals surface area contributed by atoms with E-state index < -0.39 is 13.7 Å². The molecular formula is C35H35Cl2N4O5PS. The van der Waals surface area contributed by atoms with Crippen molar-refractivity contribution in [2.45, 2.75) is 49.3 Å². The number of hydrogen-bond donors (Lipinski definition) is 1. The number of nitrogens with one attached hydrogen (secondary N) is 1. The molecule has 0 saturated heterocycles. The van der Waals surface area contributed by atoms with Gasteiger partial charge in [-0.2, -0.15) is 0 Å². The number of nitrogens with zero attached hydrogens (tertiary/aromatic N) is 3. The molecule has 1 N–H and O–H groups in total. The number of carbonyl (C=O) groups is 1. The second-order valence-electron chi connectivity index (χ2n) is 11.0. The third-order valence-electron chi connectivity index (χ3n) is 6.90. The van der Waals surface area contributed by atoms with Gasteiger partial charge in [0, 0.05) is 33.9 Å². The Balaban J connectivity index is 1.25. The Morgan fingerprint density at radius 3 is 2.10 bits per heavy atom. The van der Waals surface area contributed by atoms with Crippen LogP contribution in [0.2, 0.25) is 10.0 Å². The van der Waals surface area contributed by atoms with Gasteiger partial charge < -0.3 is 23.7 Å². The molecule has 1 amide bonds. The number of ether oxygens (including phenoxy) is 1. The van der Waals surface area contributed by atoms with Gasteiger partial charge in [-0.15, -0.1) is 0 Å². The molecule has 13 heteroatoms. The smallest absolute Gasteiger partial charge is 0.430 e. The van der Waals surface area contributed by atoms with E-state index in [0.717, 1.165) is 21.2 Å². The van der Waals surface area contributed by atoms with Crippen molar-refractivity contribution >= 4 is 48.7 Å². The van der Waals surface area contributed by atoms with Crippen molar-refractivity contribution < 1.29 is 23.1 Å². The van der Waals surface area contributed by atoms with E-state index in [1.807, 2.05) is 41.0 Å². The number of amides is 1. The summed E-state index contributed by atoms with van der Waals surface area (Å²) in [7, 11) is -3.60. The highest BCUT2D eigenvalue weighted by Crippen LogP contribution is 2.49. The normalized spacial score (nSPS) is 11.4. The number of halogens is 2. The zero-order valence-electron chi connectivity index (χ0n) is 26.4. The number of carbonyl (C=O) groups excluding carboxylic acids is 1. The van der Waals surface area contributed by atoms with Crippen LogP contribution in [0.25, 0.3) is 0 Å². The van der Waals surface area contributed by atoms with E-state index in [9.17, 15) is 9.36 Å². The lowest BCUT2D eigenvalue weighted by molar-refractivity contribution is 0.135. The fraction of sp³-hybridized carbons (Fsp3) is 0.229. The summed E-state index contributed by atoms with van der Waals surface area (Å²) < 4.78 is 33.1. The first-order chi connectivity index (χ1) is 23.2. The van der Waals surface area contributed by atoms with Gasteiger partial charge >= 0.3 is 13.7 Å². The van der Waals surface area contributed by atoms with Crippen LogP contribution in [0, 0.1) is 0 Å². The number of pyridine rings is 1. The van der Waals surface area contributed by atoms with Crippen molar-refractivity contribution in [1.29, 1.82) is 0 Å². The number of para-hydroxylation sites is 2. The third kappa shape index (κ3) is 10.3. The second-order valence-corrected chi connectivity index (χ2v) is 15.0. The molecule has 2 heterocycles. The van der Waals surface area contributed by atoms with Crippen molar-refractivity contribution in [1.82, 2.24) is 19.9 Å². The van der Waals surface area contributed by atoms with E-state index >= 15 is 0 Å². The summed E-state index contributed by atoms with van der Waals surface area (Å²) in [5.41, 5.74) is 1.87. The van der Waals surface area contributed by atoms with Crippen LogP contribution in [0.5, 0.6) is 11.5 Å². The Bertz CT molecular complexity index is 1780. The molecule has 0 aliphatic rings. The largest absolute Gasteiger partial charge is 0.441 e. The van der Waals surface area contributed by atoms with Crippen molar-refractivity contribution in [3.63, 3.8) is 0 Å². The molecule has 3 aromatic carbocycles. The summed E-state index contributed by atoms with van der Waals surface area (Å²) >= 11 is 14.1. The number of benzene rings is 3. The van der Waals surface area contributed by atoms with Crippen LogP contribution in [-0.2, 0) is 22.5 Å². The number of alkyl carbamates (subject to hydrolysis) is 1. The summed E-state index contributed by atoms with van der Waals surface area (Å²) in [4.78, 5) is 22.7. The van der Waals surface area contributed by atoms with Gasteiger partial charge in [0.25, 0.3) is 0 Å². The predicted octanol–water partition coefficient (Wildman–Crippen LogP) is 9.88. The molecule has 250 valence electrons. The zero-order valence-corrected chi connectivity index (χ0v) is 29.6. The highest BCUT2D eigenvalue weighted by Gasteiger charge is 2.28. The molecule has 0 aliphatic carbocycles. The van der Waals surface area contributed by atoms with Crippen LogP contribution in [-0.4, -0.2) is 33.3 Å². The summed E-state index contributed by atoms with van der Waals surface area (Å²) in [6.07, 6.45) is 3.23. The highest BCUT2D eigenvalue weighted by atomic mass is 35.5. The molecule has 48 heavy (non-hydrogen) atoms. The van der Waals surface area contributed by atoms with Gasteiger partial charge in [-0.05, 0) is 72.5 Å². The quantitative estimate of drug-likeness (QED) is 0.0841. The molecule has 9 nitrogen and oxygen atoms in total. The monoisotopic (exact) mass is 724 g/mol. The molecular weight excluding hydrogens is 690 g/mol. The van der Waals surface area contributed by atoms with E-state index in [1.165, 1.54) is 11.8 Å². The maximum atomic E-state index is 13.7. The zero-order chi connectivity index (χ0) is 33.9. The van der Waals surface area contributed by atoms with Gasteiger partial charge in [0.2, 0.25) is 0 Å². The van der Waals surface area contributed by atoms with Gasteiger partial charge in [-0.25, -0.2) is 14.3 Å². The SMILES string of the molecule is CC(C)c1nc(COC(=O)NCCCP(=O)(Oc2ccccc2)Oc2ccccc2)n(Cc2ccncc2)c1Sc1cc(Cl)cc(Cl)c1. The maximum Gasteiger partial charge on any atom is 0.430 e. The van der Waals surface area contributed by atoms with Gasteiger partial charge in [0.05, 0.1) is 18.4 Å². The van der Waals surface area contributed by atoms with Gasteiger partial charge in [0.15, 0.2) is 6.61 Å². The lowest BCUT2D eigenvalue weighted by Gasteiger charge is -2.20. The Hall–Kier alpha value is -3.95. The van der Waals surface area contributed by atoms with E-state index in [2.05, 4.69) is 24.1 Å². The number of rotatable bonds is 15. The molecule has 5 rings (SSSR count). The van der Waals surface area contributed by atoms with Crippen LogP contribution in [0.15, 0.2) is 113 Å². The Morgan fingerprint density at radius 2 is 1.52 bits per heavy atom. The highest BCUT2D eigenvalue weighted by molar-refractivity contribution is 7.99. The maximum absolute atomic E-state index is 13.7. The minimum absolute atomic E-state index is 0.0687. The van der Waals surface area contributed by atoms with Crippen molar-refractivity contribution in [2.75, 3.05) is 12.7 Å². The van der Waals surface area contributed by atoms with Crippen LogP contribution in [0.4, 0.5) is 4.79 Å². The second kappa shape index (κ2) is 16.9. The number of imidazole rings is 1. The predicted molar refractivity (Wildman–Crippen MR) is 190 cm³/mol. The first-order valence-electron chi connectivity index (χ1n) is 15.3. The Kier molecular flexibility index (Phi) is 12.5. The minimum Gasteiger partial charge on any atom is -0.441 e.